The Balaban J connectivity index is 2.27. The predicted octanol–water partition coefficient (Wildman–Crippen LogP) is 2.29. The maximum Gasteiger partial charge on any atom is 0.117 e. The van der Waals surface area contributed by atoms with Gasteiger partial charge in [0.2, 0.25) is 0 Å². The Hall–Kier alpha value is -1.23. The summed E-state index contributed by atoms with van der Waals surface area (Å²) in [6, 6.07) is 8.02. The molecule has 3 nitrogen and oxygen atoms in total. The van der Waals surface area contributed by atoms with E-state index in [1.807, 2.05) is 30.4 Å². The van der Waals surface area contributed by atoms with Gasteiger partial charge in [0.25, 0.3) is 0 Å². The van der Waals surface area contributed by atoms with E-state index in [2.05, 4.69) is 16.5 Å². The number of nitrogens with zero attached hydrogens (tertiary/aromatic N) is 1. The number of hydrogen-bond acceptors (Lipinski definition) is 4. The molecule has 2 N–H and O–H groups in total. The van der Waals surface area contributed by atoms with Crippen LogP contribution in [-0.2, 0) is 0 Å². The largest absolute Gasteiger partial charge is 0.317 e. The van der Waals surface area contributed by atoms with E-state index in [4.69, 9.17) is 5.21 Å². The Labute approximate surface area is 85.7 Å². The van der Waals surface area contributed by atoms with Crippen molar-refractivity contribution in [1.29, 1.82) is 0 Å². The Bertz CT molecular complexity index is 417. The highest BCUT2D eigenvalue weighted by Gasteiger charge is 1.98. The lowest BCUT2D eigenvalue weighted by Gasteiger charge is -1.84. The molecule has 0 bridgehead atoms. The fourth-order valence-electron chi connectivity index (χ4n) is 1.17. The average Bonchev–Trinajstić information content (AvgIpc) is 2.60. The summed E-state index contributed by atoms with van der Waals surface area (Å²) in [6.07, 6.45) is 3.73. The Morgan fingerprint density at radius 1 is 1.43 bits per heavy atom. The van der Waals surface area contributed by atoms with E-state index < -0.39 is 0 Å². The number of aromatic nitrogens is 1. The lowest BCUT2D eigenvalue weighted by Crippen LogP contribution is -2.04. The fourth-order valence-corrected chi connectivity index (χ4v) is 2.07. The van der Waals surface area contributed by atoms with Crippen LogP contribution in [0.2, 0.25) is 0 Å². The van der Waals surface area contributed by atoms with Gasteiger partial charge in [0.1, 0.15) is 5.01 Å². The average molecular weight is 206 g/mol. The van der Waals surface area contributed by atoms with Crippen LogP contribution in [0.5, 0.6) is 0 Å². The lowest BCUT2D eigenvalue weighted by atomic mass is 10.3. The molecule has 0 amide bonds. The third-order valence-corrected chi connectivity index (χ3v) is 2.78. The van der Waals surface area contributed by atoms with Gasteiger partial charge in [-0.25, -0.2) is 10.5 Å². The van der Waals surface area contributed by atoms with E-state index in [1.54, 1.807) is 11.3 Å². The Morgan fingerprint density at radius 2 is 2.29 bits per heavy atom. The highest BCUT2D eigenvalue weighted by atomic mass is 32.1. The Morgan fingerprint density at radius 3 is 3.07 bits per heavy atom. The van der Waals surface area contributed by atoms with Crippen molar-refractivity contribution in [1.82, 2.24) is 10.5 Å². The third-order valence-electron chi connectivity index (χ3n) is 1.78. The van der Waals surface area contributed by atoms with E-state index in [0.717, 1.165) is 10.5 Å². The zero-order chi connectivity index (χ0) is 9.80. The van der Waals surface area contributed by atoms with Crippen LogP contribution in [0.3, 0.4) is 0 Å². The summed E-state index contributed by atoms with van der Waals surface area (Å²) in [6.45, 7) is 0.440. The van der Waals surface area contributed by atoms with Crippen LogP contribution in [0, 0.1) is 0 Å². The number of rotatable bonds is 3. The summed E-state index contributed by atoms with van der Waals surface area (Å²) >= 11 is 1.64. The normalized spacial score (nSPS) is 11.5. The number of benzene rings is 1. The maximum absolute atomic E-state index is 8.37. The summed E-state index contributed by atoms with van der Waals surface area (Å²) in [5.41, 5.74) is 3.08. The molecule has 2 aromatic rings. The molecular weight excluding hydrogens is 196 g/mol. The van der Waals surface area contributed by atoms with Gasteiger partial charge in [-0.1, -0.05) is 18.2 Å². The molecule has 0 aliphatic carbocycles. The van der Waals surface area contributed by atoms with E-state index in [-0.39, 0.29) is 0 Å². The molecule has 1 heterocycles. The second-order valence-electron chi connectivity index (χ2n) is 2.78. The standard InChI is InChI=1S/C10H10N2OS/c13-11-7-3-6-10-12-8-4-1-2-5-9(8)14-10/h1-6,11,13H,7H2/b6-3+. The second-order valence-corrected chi connectivity index (χ2v) is 3.85. The van der Waals surface area contributed by atoms with Crippen molar-refractivity contribution in [2.75, 3.05) is 6.54 Å². The zero-order valence-electron chi connectivity index (χ0n) is 7.47. The van der Waals surface area contributed by atoms with Gasteiger partial charge in [0.15, 0.2) is 0 Å². The van der Waals surface area contributed by atoms with Crippen LogP contribution in [0.15, 0.2) is 30.3 Å². The molecule has 0 saturated carbocycles. The first-order valence-electron chi connectivity index (χ1n) is 4.29. The minimum atomic E-state index is 0.440. The van der Waals surface area contributed by atoms with Crippen molar-refractivity contribution < 1.29 is 5.21 Å². The minimum Gasteiger partial charge on any atom is -0.317 e. The van der Waals surface area contributed by atoms with Gasteiger partial charge in [-0.05, 0) is 18.2 Å². The molecule has 0 unspecified atom stereocenters. The molecule has 1 aromatic heterocycles. The summed E-state index contributed by atoms with van der Waals surface area (Å²) in [7, 11) is 0. The number of hydroxylamine groups is 1. The number of fused-ring (bicyclic) bond motifs is 1. The molecule has 0 saturated heterocycles. The van der Waals surface area contributed by atoms with Crippen LogP contribution in [0.25, 0.3) is 16.3 Å². The van der Waals surface area contributed by atoms with Crippen LogP contribution in [-0.4, -0.2) is 16.7 Å². The molecule has 0 aliphatic heterocycles. The van der Waals surface area contributed by atoms with E-state index in [1.165, 1.54) is 4.70 Å². The van der Waals surface area contributed by atoms with Crippen molar-refractivity contribution in [3.8, 4) is 0 Å². The fraction of sp³-hybridized carbons (Fsp3) is 0.100. The predicted molar refractivity (Wildman–Crippen MR) is 58.4 cm³/mol. The van der Waals surface area contributed by atoms with E-state index >= 15 is 0 Å². The van der Waals surface area contributed by atoms with Crippen molar-refractivity contribution in [2.45, 2.75) is 0 Å². The highest BCUT2D eigenvalue weighted by Crippen LogP contribution is 2.22. The quantitative estimate of drug-likeness (QED) is 0.757. The molecule has 72 valence electrons. The molecule has 0 aliphatic rings. The number of nitrogens with one attached hydrogen (secondary N) is 1. The van der Waals surface area contributed by atoms with Gasteiger partial charge >= 0.3 is 0 Å². The third kappa shape index (κ3) is 1.98. The van der Waals surface area contributed by atoms with Gasteiger partial charge in [-0.15, -0.1) is 11.3 Å². The van der Waals surface area contributed by atoms with Crippen molar-refractivity contribution in [3.63, 3.8) is 0 Å². The molecule has 0 radical (unpaired) electrons. The summed E-state index contributed by atoms with van der Waals surface area (Å²) in [5.74, 6) is 0. The Kier molecular flexibility index (Phi) is 2.88. The van der Waals surface area contributed by atoms with Crippen LogP contribution >= 0.6 is 11.3 Å². The molecule has 2 rings (SSSR count). The van der Waals surface area contributed by atoms with Crippen LogP contribution < -0.4 is 5.48 Å². The maximum atomic E-state index is 8.37. The smallest absolute Gasteiger partial charge is 0.117 e. The van der Waals surface area contributed by atoms with Gasteiger partial charge in [0, 0.05) is 6.54 Å². The summed E-state index contributed by atoms with van der Waals surface area (Å²) < 4.78 is 1.18. The minimum absolute atomic E-state index is 0.440. The monoisotopic (exact) mass is 206 g/mol. The molecule has 0 fully saturated rings. The lowest BCUT2D eigenvalue weighted by molar-refractivity contribution is 0.180. The van der Waals surface area contributed by atoms with E-state index in [0.29, 0.717) is 6.54 Å². The molecule has 0 spiro atoms. The number of hydrogen-bond donors (Lipinski definition) is 2. The number of thiazole rings is 1. The first-order chi connectivity index (χ1) is 6.90. The molecule has 14 heavy (non-hydrogen) atoms. The zero-order valence-corrected chi connectivity index (χ0v) is 8.29. The molecular formula is C10H10N2OS. The van der Waals surface area contributed by atoms with E-state index in [9.17, 15) is 0 Å². The van der Waals surface area contributed by atoms with Gasteiger partial charge in [0.05, 0.1) is 10.2 Å². The topological polar surface area (TPSA) is 45.1 Å². The van der Waals surface area contributed by atoms with Gasteiger partial charge < -0.3 is 5.21 Å². The van der Waals surface area contributed by atoms with Crippen LogP contribution in [0.1, 0.15) is 5.01 Å². The van der Waals surface area contributed by atoms with Crippen molar-refractivity contribution in [3.05, 3.63) is 35.3 Å². The molecule has 1 aromatic carbocycles. The molecule has 0 atom stereocenters. The van der Waals surface area contributed by atoms with Gasteiger partial charge in [-0.3, -0.25) is 0 Å². The second kappa shape index (κ2) is 4.32. The summed E-state index contributed by atoms with van der Waals surface area (Å²) in [5, 5.41) is 9.33. The summed E-state index contributed by atoms with van der Waals surface area (Å²) in [4.78, 5) is 4.41. The number of para-hydroxylation sites is 1. The highest BCUT2D eigenvalue weighted by molar-refractivity contribution is 7.19. The van der Waals surface area contributed by atoms with Crippen molar-refractivity contribution >= 4 is 27.6 Å². The molecule has 4 heteroatoms. The first-order valence-corrected chi connectivity index (χ1v) is 5.11. The first kappa shape index (κ1) is 9.33. The van der Waals surface area contributed by atoms with Crippen LogP contribution in [0.4, 0.5) is 0 Å². The van der Waals surface area contributed by atoms with Crippen molar-refractivity contribution in [2.24, 2.45) is 0 Å². The van der Waals surface area contributed by atoms with Gasteiger partial charge in [-0.2, -0.15) is 0 Å². The SMILES string of the molecule is ONC/C=C/c1nc2ccccc2s1.